The zero-order chi connectivity index (χ0) is 30.7. The third kappa shape index (κ3) is 9.56. The molecule has 2 nitrogen and oxygen atoms in total. The van der Waals surface area contributed by atoms with Gasteiger partial charge in [-0.2, -0.15) is 0 Å². The Labute approximate surface area is 248 Å². The number of hydrogen-bond acceptors (Lipinski definition) is 2. The molecule has 226 valence electrons. The van der Waals surface area contributed by atoms with Crippen LogP contribution in [0.25, 0.3) is 0 Å². The van der Waals surface area contributed by atoms with Crippen LogP contribution in [-0.4, -0.2) is 10.2 Å². The lowest BCUT2D eigenvalue weighted by Gasteiger charge is -2.30. The second kappa shape index (κ2) is 12.9. The van der Waals surface area contributed by atoms with Crippen molar-refractivity contribution in [1.82, 2.24) is 0 Å². The molecule has 2 N–H and O–H groups in total. The van der Waals surface area contributed by atoms with E-state index in [4.69, 9.17) is 0 Å². The van der Waals surface area contributed by atoms with Crippen molar-refractivity contribution in [3.8, 4) is 11.5 Å². The molecule has 2 aromatic carbocycles. The first-order chi connectivity index (χ1) is 18.1. The van der Waals surface area contributed by atoms with E-state index in [9.17, 15) is 10.2 Å². The normalized spacial score (nSPS) is 13.3. The summed E-state index contributed by atoms with van der Waals surface area (Å²) in [6, 6.07) is 8.75. The van der Waals surface area contributed by atoms with E-state index in [2.05, 4.69) is 114 Å². The fraction of sp³-hybridized carbons (Fsp3) is 0.684. The van der Waals surface area contributed by atoms with Crippen LogP contribution < -0.4 is 0 Å². The molecule has 2 aromatic rings. The van der Waals surface area contributed by atoms with Crippen molar-refractivity contribution >= 4 is 0 Å². The van der Waals surface area contributed by atoms with Crippen LogP contribution in [0.5, 0.6) is 11.5 Å². The second-order valence-electron chi connectivity index (χ2n) is 16.8. The highest BCUT2D eigenvalue weighted by atomic mass is 16.3. The van der Waals surface area contributed by atoms with Gasteiger partial charge < -0.3 is 10.2 Å². The van der Waals surface area contributed by atoms with E-state index in [1.807, 2.05) is 0 Å². The molecule has 0 heterocycles. The van der Waals surface area contributed by atoms with Crippen molar-refractivity contribution in [2.24, 2.45) is 10.8 Å². The van der Waals surface area contributed by atoms with Gasteiger partial charge in [0.2, 0.25) is 0 Å². The largest absolute Gasteiger partial charge is 0.507 e. The van der Waals surface area contributed by atoms with Gasteiger partial charge in [0.15, 0.2) is 0 Å². The van der Waals surface area contributed by atoms with Gasteiger partial charge in [0.05, 0.1) is 0 Å². The van der Waals surface area contributed by atoms with Crippen molar-refractivity contribution < 1.29 is 10.2 Å². The monoisotopic (exact) mass is 550 g/mol. The highest BCUT2D eigenvalue weighted by Gasteiger charge is 2.30. The Morgan fingerprint density at radius 3 is 1.12 bits per heavy atom. The summed E-state index contributed by atoms with van der Waals surface area (Å²) in [5, 5.41) is 23.7. The van der Waals surface area contributed by atoms with Crippen LogP contribution in [0.15, 0.2) is 24.3 Å². The van der Waals surface area contributed by atoms with Crippen molar-refractivity contribution in [2.75, 3.05) is 0 Å². The summed E-state index contributed by atoms with van der Waals surface area (Å²) in [4.78, 5) is 0. The van der Waals surface area contributed by atoms with Gasteiger partial charge in [0.1, 0.15) is 11.5 Å². The third-order valence-corrected chi connectivity index (χ3v) is 8.34. The fourth-order valence-corrected chi connectivity index (χ4v) is 6.00. The minimum atomic E-state index is -0.172. The number of phenolic OH excluding ortho intramolecular Hbond substituents is 2. The summed E-state index contributed by atoms with van der Waals surface area (Å²) in [6.45, 7) is 29.0. The molecule has 2 rings (SSSR count). The molecule has 0 aliphatic heterocycles. The average Bonchev–Trinajstić information content (AvgIpc) is 2.76. The van der Waals surface area contributed by atoms with Crippen LogP contribution in [0.1, 0.15) is 168 Å². The number of rotatable bonds is 10. The summed E-state index contributed by atoms with van der Waals surface area (Å²) in [7, 11) is 0. The minimum absolute atomic E-state index is 0.111. The molecule has 2 heteroatoms. The smallest absolute Gasteiger partial charge is 0.123 e. The molecular weight excluding hydrogens is 488 g/mol. The Balaban J connectivity index is 2.63. The molecular formula is C38H62O2. The van der Waals surface area contributed by atoms with E-state index in [0.717, 1.165) is 47.9 Å². The van der Waals surface area contributed by atoms with Gasteiger partial charge in [0.25, 0.3) is 0 Å². The third-order valence-electron chi connectivity index (χ3n) is 8.34. The Hall–Kier alpha value is -1.96. The Kier molecular flexibility index (Phi) is 11.1. The van der Waals surface area contributed by atoms with Crippen LogP contribution in [0.3, 0.4) is 0 Å². The molecule has 0 aromatic heterocycles. The van der Waals surface area contributed by atoms with E-state index in [1.165, 1.54) is 36.8 Å². The van der Waals surface area contributed by atoms with Crippen molar-refractivity contribution in [2.45, 2.75) is 158 Å². The number of unbranched alkanes of at least 4 members (excludes halogenated alkanes) is 2. The van der Waals surface area contributed by atoms with Gasteiger partial charge in [-0.3, -0.25) is 0 Å². The molecule has 0 saturated heterocycles. The van der Waals surface area contributed by atoms with Gasteiger partial charge in [-0.1, -0.05) is 127 Å². The number of hydrogen-bond donors (Lipinski definition) is 2. The zero-order valence-electron chi connectivity index (χ0n) is 28.4. The van der Waals surface area contributed by atoms with Crippen LogP contribution in [-0.2, 0) is 23.7 Å². The van der Waals surface area contributed by atoms with E-state index in [0.29, 0.717) is 22.3 Å². The minimum Gasteiger partial charge on any atom is -0.507 e. The lowest BCUT2D eigenvalue weighted by Crippen LogP contribution is -2.16. The quantitative estimate of drug-likeness (QED) is 0.289. The molecule has 0 unspecified atom stereocenters. The maximum atomic E-state index is 11.9. The maximum absolute atomic E-state index is 11.9. The molecule has 0 fully saturated rings. The molecule has 0 amide bonds. The van der Waals surface area contributed by atoms with Crippen LogP contribution in [0.2, 0.25) is 0 Å². The molecule has 0 atom stereocenters. The van der Waals surface area contributed by atoms with Gasteiger partial charge in [-0.05, 0) is 82.4 Å². The summed E-state index contributed by atoms with van der Waals surface area (Å²) in [6.07, 6.45) is 8.79. The van der Waals surface area contributed by atoms with E-state index in [-0.39, 0.29) is 16.7 Å². The summed E-state index contributed by atoms with van der Waals surface area (Å²) >= 11 is 0. The topological polar surface area (TPSA) is 40.5 Å². The summed E-state index contributed by atoms with van der Waals surface area (Å²) in [5.41, 5.74) is 6.70. The SMILES string of the molecule is CC(c1c(CCCCC(C)(C)C)ccc(C(C)(C)C)c1O)c1c(CCCCC(C)(C)C)ccc(C(C)(C)C)c1O. The standard InChI is InChI=1S/C38H62O2/c1-26(31-27(18-14-16-24-35(2,3)4)20-22-29(33(31)39)37(8,9)10)32-28(19-15-17-25-36(5,6)7)21-23-30(34(32)40)38(11,12)13/h20-23,26,39-40H,14-19,24-25H2,1-13H3. The first-order valence-electron chi connectivity index (χ1n) is 15.8. The van der Waals surface area contributed by atoms with E-state index in [1.54, 1.807) is 0 Å². The fourth-order valence-electron chi connectivity index (χ4n) is 6.00. The number of aryl methyl sites for hydroxylation is 2. The van der Waals surface area contributed by atoms with Crippen molar-refractivity contribution in [3.63, 3.8) is 0 Å². The Bertz CT molecular complexity index is 1020. The highest BCUT2D eigenvalue weighted by Crippen LogP contribution is 2.46. The van der Waals surface area contributed by atoms with Crippen molar-refractivity contribution in [3.05, 3.63) is 57.6 Å². The lowest BCUT2D eigenvalue weighted by atomic mass is 9.76. The van der Waals surface area contributed by atoms with E-state index >= 15 is 0 Å². The second-order valence-corrected chi connectivity index (χ2v) is 16.8. The Morgan fingerprint density at radius 2 is 0.850 bits per heavy atom. The number of phenols is 2. The lowest BCUT2D eigenvalue weighted by molar-refractivity contribution is 0.360. The van der Waals surface area contributed by atoms with Gasteiger partial charge in [0, 0.05) is 17.0 Å². The first-order valence-corrected chi connectivity index (χ1v) is 15.8. The molecule has 0 radical (unpaired) electrons. The molecule has 40 heavy (non-hydrogen) atoms. The molecule has 0 bridgehead atoms. The van der Waals surface area contributed by atoms with E-state index < -0.39 is 0 Å². The Morgan fingerprint density at radius 1 is 0.525 bits per heavy atom. The molecule has 0 aliphatic carbocycles. The molecule has 0 saturated carbocycles. The number of aromatic hydroxyl groups is 2. The number of benzene rings is 2. The average molecular weight is 551 g/mol. The van der Waals surface area contributed by atoms with Gasteiger partial charge >= 0.3 is 0 Å². The first kappa shape index (κ1) is 34.2. The van der Waals surface area contributed by atoms with Gasteiger partial charge in [-0.25, -0.2) is 0 Å². The predicted octanol–water partition coefficient (Wildman–Crippen LogP) is 11.4. The van der Waals surface area contributed by atoms with Crippen molar-refractivity contribution in [1.29, 1.82) is 0 Å². The van der Waals surface area contributed by atoms with Crippen LogP contribution in [0.4, 0.5) is 0 Å². The van der Waals surface area contributed by atoms with Crippen LogP contribution >= 0.6 is 0 Å². The molecule has 0 spiro atoms. The maximum Gasteiger partial charge on any atom is 0.123 e. The summed E-state index contributed by atoms with van der Waals surface area (Å²) in [5.74, 6) is 0.708. The predicted molar refractivity (Wildman–Crippen MR) is 175 cm³/mol. The highest BCUT2D eigenvalue weighted by molar-refractivity contribution is 5.58. The summed E-state index contributed by atoms with van der Waals surface area (Å²) < 4.78 is 0. The van der Waals surface area contributed by atoms with Gasteiger partial charge in [-0.15, -0.1) is 0 Å². The zero-order valence-corrected chi connectivity index (χ0v) is 28.4. The molecule has 0 aliphatic rings. The van der Waals surface area contributed by atoms with Crippen LogP contribution in [0, 0.1) is 10.8 Å².